The average Bonchev–Trinajstić information content (AvgIpc) is 3.20. The minimum Gasteiger partial charge on any atom is -0.480 e. The van der Waals surface area contributed by atoms with Crippen LogP contribution in [-0.4, -0.2) is 62.1 Å². The van der Waals surface area contributed by atoms with E-state index in [1.165, 1.54) is 19.2 Å². The average molecular weight is 451 g/mol. The van der Waals surface area contributed by atoms with Gasteiger partial charge in [-0.05, 0) is 19.1 Å². The molecule has 11 heteroatoms. The Bertz CT molecular complexity index is 1370. The monoisotopic (exact) mass is 451 g/mol. The molecule has 0 aliphatic carbocycles. The van der Waals surface area contributed by atoms with Crippen LogP contribution in [0.4, 0.5) is 10.2 Å². The smallest absolute Gasteiger partial charge is 0.257 e. The van der Waals surface area contributed by atoms with Crippen LogP contribution < -0.4 is 10.5 Å². The van der Waals surface area contributed by atoms with Crippen LogP contribution in [-0.2, 0) is 11.8 Å². The molecule has 170 valence electrons. The predicted molar refractivity (Wildman–Crippen MR) is 118 cm³/mol. The van der Waals surface area contributed by atoms with Gasteiger partial charge < -0.3 is 20.1 Å². The van der Waals surface area contributed by atoms with E-state index in [1.807, 2.05) is 6.92 Å². The third-order valence-corrected chi connectivity index (χ3v) is 5.92. The summed E-state index contributed by atoms with van der Waals surface area (Å²) in [4.78, 5) is 19.6. The Hall–Kier alpha value is -3.86. The number of morpholine rings is 1. The van der Waals surface area contributed by atoms with E-state index in [9.17, 15) is 4.79 Å². The fraction of sp³-hybridized carbons (Fsp3) is 0.318. The van der Waals surface area contributed by atoms with Crippen LogP contribution >= 0.6 is 0 Å². The summed E-state index contributed by atoms with van der Waals surface area (Å²) in [6.45, 7) is 2.39. The molecule has 3 aromatic heterocycles. The number of aryl methyl sites for hydroxylation is 1. The summed E-state index contributed by atoms with van der Waals surface area (Å²) in [5.41, 5.74) is 7.49. The standard InChI is InChI=1S/C22H22FN7O3/c1-11-9-33-10-18(16-4-5-19(32-3)28-27-16)30(11)22(31)13-6-12-14-8-25-29(2)20(14)21(24)26-17(12)7-15(13)23/h4-8,11,18H,9-10H2,1-3H3,(H2,24,26)/t11-,18-/m1/s1. The first-order chi connectivity index (χ1) is 15.9. The first kappa shape index (κ1) is 21.0. The summed E-state index contributed by atoms with van der Waals surface area (Å²) >= 11 is 0. The SMILES string of the molecule is COc1ccc([C@H]2COC[C@@H](C)N2C(=O)c2cc3c(cc2F)nc(N)c2c3cnn2C)nn1. The second kappa shape index (κ2) is 7.93. The van der Waals surface area contributed by atoms with Crippen molar-refractivity contribution >= 4 is 33.5 Å². The van der Waals surface area contributed by atoms with E-state index in [0.29, 0.717) is 40.0 Å². The Labute approximate surface area is 188 Å². The zero-order chi connectivity index (χ0) is 23.3. The van der Waals surface area contributed by atoms with Gasteiger partial charge in [0.1, 0.15) is 17.2 Å². The number of nitrogens with two attached hydrogens (primary N) is 1. The summed E-state index contributed by atoms with van der Waals surface area (Å²) < 4.78 is 27.5. The van der Waals surface area contributed by atoms with Gasteiger partial charge in [-0.1, -0.05) is 0 Å². The van der Waals surface area contributed by atoms with Crippen molar-refractivity contribution in [1.29, 1.82) is 0 Å². The van der Waals surface area contributed by atoms with Gasteiger partial charge in [0.25, 0.3) is 5.91 Å². The number of pyridine rings is 1. The number of halogens is 1. The number of benzene rings is 1. The first-order valence-corrected chi connectivity index (χ1v) is 10.4. The molecule has 0 bridgehead atoms. The molecule has 4 heterocycles. The van der Waals surface area contributed by atoms with Gasteiger partial charge in [-0.2, -0.15) is 5.10 Å². The lowest BCUT2D eigenvalue weighted by Crippen LogP contribution is -2.49. The largest absolute Gasteiger partial charge is 0.480 e. The summed E-state index contributed by atoms with van der Waals surface area (Å²) in [7, 11) is 3.24. The van der Waals surface area contributed by atoms with E-state index in [-0.39, 0.29) is 24.0 Å². The van der Waals surface area contributed by atoms with Gasteiger partial charge in [0.2, 0.25) is 5.88 Å². The molecule has 2 N–H and O–H groups in total. The zero-order valence-electron chi connectivity index (χ0n) is 18.3. The van der Waals surface area contributed by atoms with E-state index >= 15 is 4.39 Å². The highest BCUT2D eigenvalue weighted by atomic mass is 19.1. The third-order valence-electron chi connectivity index (χ3n) is 5.92. The van der Waals surface area contributed by atoms with Gasteiger partial charge in [0.05, 0.1) is 55.4 Å². The molecule has 1 aliphatic rings. The van der Waals surface area contributed by atoms with Crippen LogP contribution in [0, 0.1) is 5.82 Å². The highest BCUT2D eigenvalue weighted by Gasteiger charge is 2.36. The van der Waals surface area contributed by atoms with Crippen LogP contribution in [0.15, 0.2) is 30.5 Å². The third kappa shape index (κ3) is 3.41. The Balaban J connectivity index is 1.61. The maximum Gasteiger partial charge on any atom is 0.257 e. The highest BCUT2D eigenvalue weighted by Crippen LogP contribution is 2.33. The predicted octanol–water partition coefficient (Wildman–Crippen LogP) is 2.24. The second-order valence-corrected chi connectivity index (χ2v) is 7.99. The van der Waals surface area contributed by atoms with Crippen LogP contribution in [0.3, 0.4) is 0 Å². The van der Waals surface area contributed by atoms with Crippen molar-refractivity contribution in [3.63, 3.8) is 0 Å². The van der Waals surface area contributed by atoms with Crippen molar-refractivity contribution in [3.8, 4) is 5.88 Å². The number of anilines is 1. The van der Waals surface area contributed by atoms with Crippen LogP contribution in [0.1, 0.15) is 29.0 Å². The Kier molecular flexibility index (Phi) is 5.05. The number of nitrogen functional groups attached to an aromatic ring is 1. The molecule has 0 saturated carbocycles. The van der Waals surface area contributed by atoms with E-state index in [2.05, 4.69) is 20.3 Å². The highest BCUT2D eigenvalue weighted by molar-refractivity contribution is 6.10. The van der Waals surface area contributed by atoms with E-state index in [1.54, 1.807) is 35.0 Å². The molecule has 1 aliphatic heterocycles. The maximum atomic E-state index is 15.2. The summed E-state index contributed by atoms with van der Waals surface area (Å²) in [5.74, 6) is -0.548. The minimum absolute atomic E-state index is 0.0700. The number of carbonyl (C=O) groups is 1. The number of hydrogen-bond donors (Lipinski definition) is 1. The number of amides is 1. The molecule has 1 fully saturated rings. The fourth-order valence-corrected chi connectivity index (χ4v) is 4.30. The number of carbonyl (C=O) groups excluding carboxylic acids is 1. The summed E-state index contributed by atoms with van der Waals surface area (Å²) in [6.07, 6.45) is 1.63. The van der Waals surface area contributed by atoms with Crippen molar-refractivity contribution in [3.05, 3.63) is 47.5 Å². The van der Waals surface area contributed by atoms with Gasteiger partial charge in [0, 0.05) is 30.0 Å². The first-order valence-electron chi connectivity index (χ1n) is 10.4. The van der Waals surface area contributed by atoms with Crippen molar-refractivity contribution in [2.24, 2.45) is 7.05 Å². The number of nitrogens with zero attached hydrogens (tertiary/aromatic N) is 6. The molecule has 5 rings (SSSR count). The molecule has 0 radical (unpaired) electrons. The van der Waals surface area contributed by atoms with Crippen molar-refractivity contribution in [1.82, 2.24) is 29.9 Å². The summed E-state index contributed by atoms with van der Waals surface area (Å²) in [5, 5.41) is 13.7. The molecule has 2 atom stereocenters. The molecular formula is C22H22FN7O3. The maximum absolute atomic E-state index is 15.2. The van der Waals surface area contributed by atoms with E-state index in [4.69, 9.17) is 15.2 Å². The zero-order valence-corrected chi connectivity index (χ0v) is 18.3. The second-order valence-electron chi connectivity index (χ2n) is 7.99. The normalized spacial score (nSPS) is 18.7. The molecular weight excluding hydrogens is 429 g/mol. The number of aromatic nitrogens is 5. The summed E-state index contributed by atoms with van der Waals surface area (Å²) in [6, 6.07) is 5.30. The number of ether oxygens (including phenoxy) is 2. The van der Waals surface area contributed by atoms with Gasteiger partial charge in [0.15, 0.2) is 0 Å². The van der Waals surface area contributed by atoms with Gasteiger partial charge in [-0.15, -0.1) is 10.2 Å². The number of methoxy groups -OCH3 is 1. The lowest BCUT2D eigenvalue weighted by molar-refractivity contribution is -0.0331. The molecule has 1 saturated heterocycles. The van der Waals surface area contributed by atoms with Gasteiger partial charge in [-0.3, -0.25) is 9.48 Å². The van der Waals surface area contributed by atoms with Crippen molar-refractivity contribution < 1.29 is 18.7 Å². The molecule has 4 aromatic rings. The van der Waals surface area contributed by atoms with E-state index in [0.717, 1.165) is 0 Å². The van der Waals surface area contributed by atoms with Crippen LogP contribution in [0.25, 0.3) is 21.8 Å². The fourth-order valence-electron chi connectivity index (χ4n) is 4.30. The van der Waals surface area contributed by atoms with Crippen molar-refractivity contribution in [2.75, 3.05) is 26.1 Å². The lowest BCUT2D eigenvalue weighted by Gasteiger charge is -2.40. The molecule has 0 unspecified atom stereocenters. The van der Waals surface area contributed by atoms with Crippen LogP contribution in [0.2, 0.25) is 0 Å². The topological polar surface area (TPSA) is 121 Å². The van der Waals surface area contributed by atoms with Gasteiger partial charge >= 0.3 is 0 Å². The quantitative estimate of drug-likeness (QED) is 0.503. The van der Waals surface area contributed by atoms with Gasteiger partial charge in [-0.25, -0.2) is 9.37 Å². The Morgan fingerprint density at radius 1 is 1.24 bits per heavy atom. The molecule has 33 heavy (non-hydrogen) atoms. The number of fused-ring (bicyclic) bond motifs is 3. The van der Waals surface area contributed by atoms with Crippen LogP contribution in [0.5, 0.6) is 5.88 Å². The molecule has 1 amide bonds. The van der Waals surface area contributed by atoms with E-state index < -0.39 is 17.8 Å². The number of rotatable bonds is 3. The minimum atomic E-state index is -0.680. The molecule has 1 aromatic carbocycles. The number of hydrogen-bond acceptors (Lipinski definition) is 8. The Morgan fingerprint density at radius 2 is 2.06 bits per heavy atom. The lowest BCUT2D eigenvalue weighted by atomic mass is 10.0. The molecule has 0 spiro atoms. The molecule has 10 nitrogen and oxygen atoms in total. The Morgan fingerprint density at radius 3 is 2.79 bits per heavy atom. The van der Waals surface area contributed by atoms with Crippen molar-refractivity contribution in [2.45, 2.75) is 19.0 Å².